The lowest BCUT2D eigenvalue weighted by molar-refractivity contribution is 0.539. The third-order valence-electron chi connectivity index (χ3n) is 3.30. The van der Waals surface area contributed by atoms with Gasteiger partial charge in [0.2, 0.25) is 10.0 Å². The molecule has 1 rings (SSSR count). The Morgan fingerprint density at radius 3 is 2.21 bits per heavy atom. The first kappa shape index (κ1) is 17.2. The summed E-state index contributed by atoms with van der Waals surface area (Å²) in [5, 5.41) is -0.557. The first-order valence-corrected chi connectivity index (χ1v) is 10.5. The number of unbranched alkanes of at least 4 members (excludes halogenated alkanes) is 3. The summed E-state index contributed by atoms with van der Waals surface area (Å²) >= 11 is 5.55. The summed E-state index contributed by atoms with van der Waals surface area (Å²) < 4.78 is 49.0. The second-order valence-corrected chi connectivity index (χ2v) is 9.62. The molecule has 0 aromatic carbocycles. The number of rotatable bonds is 8. The van der Waals surface area contributed by atoms with Crippen LogP contribution in [0.15, 0.2) is 0 Å². The summed E-state index contributed by atoms with van der Waals surface area (Å²) in [6.45, 7) is 0.424. The molecule has 1 fully saturated rings. The van der Waals surface area contributed by atoms with Crippen molar-refractivity contribution in [1.29, 1.82) is 0 Å². The van der Waals surface area contributed by atoms with Crippen molar-refractivity contribution in [2.45, 2.75) is 43.8 Å². The number of sulfone groups is 1. The molecule has 0 aliphatic carbocycles. The van der Waals surface area contributed by atoms with E-state index < -0.39 is 25.1 Å². The van der Waals surface area contributed by atoms with Gasteiger partial charge in [-0.3, -0.25) is 0 Å². The Bertz CT molecular complexity index is 447. The number of nitrogens with one attached hydrogen (secondary N) is 1. The first-order chi connectivity index (χ1) is 8.87. The van der Waals surface area contributed by atoms with Gasteiger partial charge in [-0.1, -0.05) is 12.8 Å². The van der Waals surface area contributed by atoms with Crippen LogP contribution < -0.4 is 4.72 Å². The molecular formula is C11H22ClNO4S2. The zero-order valence-electron chi connectivity index (χ0n) is 11.0. The normalized spacial score (nSPS) is 20.5. The summed E-state index contributed by atoms with van der Waals surface area (Å²) in [5.74, 6) is 0.602. The van der Waals surface area contributed by atoms with Crippen LogP contribution in [0.5, 0.6) is 0 Å². The molecule has 0 saturated carbocycles. The highest BCUT2D eigenvalue weighted by molar-refractivity contribution is 7.92. The third kappa shape index (κ3) is 6.42. The summed E-state index contributed by atoms with van der Waals surface area (Å²) in [4.78, 5) is 0. The van der Waals surface area contributed by atoms with Crippen LogP contribution in [-0.4, -0.2) is 46.0 Å². The van der Waals surface area contributed by atoms with Crippen molar-refractivity contribution in [1.82, 2.24) is 4.72 Å². The SMILES string of the molecule is O=S1(=O)CCC(S(=O)(=O)NCCCCCCCl)CC1. The van der Waals surface area contributed by atoms with Crippen molar-refractivity contribution in [3.63, 3.8) is 0 Å². The maximum absolute atomic E-state index is 12.0. The Hall–Kier alpha value is 0.150. The largest absolute Gasteiger partial charge is 0.229 e. The van der Waals surface area contributed by atoms with E-state index in [0.29, 0.717) is 12.4 Å². The Balaban J connectivity index is 2.28. The Labute approximate surface area is 121 Å². The van der Waals surface area contributed by atoms with Crippen LogP contribution in [-0.2, 0) is 19.9 Å². The summed E-state index contributed by atoms with van der Waals surface area (Å²) in [7, 11) is -6.38. The second kappa shape index (κ2) is 7.81. The molecule has 5 nitrogen and oxygen atoms in total. The van der Waals surface area contributed by atoms with E-state index in [9.17, 15) is 16.8 Å². The van der Waals surface area contributed by atoms with Gasteiger partial charge in [0.05, 0.1) is 16.8 Å². The zero-order chi connectivity index (χ0) is 14.4. The average molecular weight is 332 g/mol. The molecule has 8 heteroatoms. The molecule has 1 aliphatic rings. The van der Waals surface area contributed by atoms with Gasteiger partial charge in [-0.05, 0) is 25.7 Å². The van der Waals surface area contributed by atoms with Crippen molar-refractivity contribution >= 4 is 31.5 Å². The van der Waals surface area contributed by atoms with E-state index in [1.165, 1.54) is 0 Å². The Morgan fingerprint density at radius 1 is 1.05 bits per heavy atom. The van der Waals surface area contributed by atoms with Crippen molar-refractivity contribution in [2.24, 2.45) is 0 Å². The van der Waals surface area contributed by atoms with Gasteiger partial charge in [-0.15, -0.1) is 11.6 Å². The maximum atomic E-state index is 12.0. The van der Waals surface area contributed by atoms with E-state index in [1.807, 2.05) is 0 Å². The van der Waals surface area contributed by atoms with E-state index in [2.05, 4.69) is 4.72 Å². The lowest BCUT2D eigenvalue weighted by Crippen LogP contribution is -2.40. The standard InChI is InChI=1S/C11H22ClNO4S2/c12-7-3-1-2-4-8-13-19(16,17)11-5-9-18(14,15)10-6-11/h11,13H,1-10H2. The van der Waals surface area contributed by atoms with Crippen LogP contribution in [0.2, 0.25) is 0 Å². The highest BCUT2D eigenvalue weighted by Crippen LogP contribution is 2.18. The van der Waals surface area contributed by atoms with Gasteiger partial charge in [0.25, 0.3) is 0 Å². The summed E-state index contributed by atoms with van der Waals surface area (Å²) in [6, 6.07) is 0. The van der Waals surface area contributed by atoms with E-state index in [4.69, 9.17) is 11.6 Å². The molecule has 1 aliphatic heterocycles. The molecule has 0 aromatic rings. The maximum Gasteiger partial charge on any atom is 0.214 e. The van der Waals surface area contributed by atoms with Crippen LogP contribution in [0.3, 0.4) is 0 Å². The molecule has 0 unspecified atom stereocenters. The first-order valence-electron chi connectivity index (χ1n) is 6.62. The molecule has 19 heavy (non-hydrogen) atoms. The molecule has 1 heterocycles. The fourth-order valence-electron chi connectivity index (χ4n) is 2.08. The van der Waals surface area contributed by atoms with E-state index in [-0.39, 0.29) is 24.3 Å². The molecule has 0 radical (unpaired) electrons. The molecule has 1 saturated heterocycles. The number of halogens is 1. The Morgan fingerprint density at radius 2 is 1.63 bits per heavy atom. The van der Waals surface area contributed by atoms with Crippen molar-refractivity contribution in [3.8, 4) is 0 Å². The molecule has 0 aromatic heterocycles. The van der Waals surface area contributed by atoms with Crippen LogP contribution >= 0.6 is 11.6 Å². The van der Waals surface area contributed by atoms with Crippen LogP contribution in [0.1, 0.15) is 38.5 Å². The topological polar surface area (TPSA) is 80.3 Å². The van der Waals surface area contributed by atoms with Crippen molar-refractivity contribution < 1.29 is 16.8 Å². The van der Waals surface area contributed by atoms with Gasteiger partial charge in [-0.2, -0.15) is 0 Å². The Kier molecular flexibility index (Phi) is 7.07. The summed E-state index contributed by atoms with van der Waals surface area (Å²) in [5.41, 5.74) is 0. The van der Waals surface area contributed by atoms with Crippen LogP contribution in [0.4, 0.5) is 0 Å². The second-order valence-electron chi connectivity index (χ2n) is 4.89. The molecular weight excluding hydrogens is 310 g/mol. The van der Waals surface area contributed by atoms with E-state index in [1.54, 1.807) is 0 Å². The van der Waals surface area contributed by atoms with Gasteiger partial charge in [0.15, 0.2) is 0 Å². The van der Waals surface area contributed by atoms with Gasteiger partial charge < -0.3 is 0 Å². The van der Waals surface area contributed by atoms with Gasteiger partial charge in [-0.25, -0.2) is 21.6 Å². The van der Waals surface area contributed by atoms with Crippen LogP contribution in [0.25, 0.3) is 0 Å². The minimum absolute atomic E-state index is 0.0195. The van der Waals surface area contributed by atoms with Crippen molar-refractivity contribution in [2.75, 3.05) is 23.9 Å². The lowest BCUT2D eigenvalue weighted by atomic mass is 10.2. The predicted molar refractivity (Wildman–Crippen MR) is 77.8 cm³/mol. The average Bonchev–Trinajstić information content (AvgIpc) is 2.33. The minimum Gasteiger partial charge on any atom is -0.229 e. The zero-order valence-corrected chi connectivity index (χ0v) is 13.4. The predicted octanol–water partition coefficient (Wildman–Crippen LogP) is 1.28. The third-order valence-corrected chi connectivity index (χ3v) is 7.24. The molecule has 1 N–H and O–H groups in total. The number of hydrogen-bond donors (Lipinski definition) is 1. The molecule has 114 valence electrons. The summed E-state index contributed by atoms with van der Waals surface area (Å²) in [6.07, 6.45) is 4.13. The van der Waals surface area contributed by atoms with Gasteiger partial charge in [0.1, 0.15) is 9.84 Å². The smallest absolute Gasteiger partial charge is 0.214 e. The molecule has 0 atom stereocenters. The number of sulfonamides is 1. The number of hydrogen-bond acceptors (Lipinski definition) is 4. The minimum atomic E-state index is -3.37. The van der Waals surface area contributed by atoms with Crippen LogP contribution in [0, 0.1) is 0 Å². The fraction of sp³-hybridized carbons (Fsp3) is 1.00. The fourth-order valence-corrected chi connectivity index (χ4v) is 5.58. The molecule has 0 spiro atoms. The monoisotopic (exact) mass is 331 g/mol. The van der Waals surface area contributed by atoms with E-state index >= 15 is 0 Å². The lowest BCUT2D eigenvalue weighted by Gasteiger charge is -2.22. The van der Waals surface area contributed by atoms with Crippen molar-refractivity contribution in [3.05, 3.63) is 0 Å². The quantitative estimate of drug-likeness (QED) is 0.536. The van der Waals surface area contributed by atoms with Gasteiger partial charge >= 0.3 is 0 Å². The van der Waals surface area contributed by atoms with Gasteiger partial charge in [0, 0.05) is 12.4 Å². The number of alkyl halides is 1. The molecule has 0 amide bonds. The highest BCUT2D eigenvalue weighted by atomic mass is 35.5. The molecule has 0 bridgehead atoms. The highest BCUT2D eigenvalue weighted by Gasteiger charge is 2.32. The van der Waals surface area contributed by atoms with E-state index in [0.717, 1.165) is 25.7 Å².